The Bertz CT molecular complexity index is 571. The van der Waals surface area contributed by atoms with Gasteiger partial charge < -0.3 is 10.0 Å². The Kier molecular flexibility index (Phi) is 4.78. The normalized spacial score (nSPS) is 21.3. The van der Waals surface area contributed by atoms with Crippen LogP contribution in [-0.4, -0.2) is 34.5 Å². The zero-order valence-corrected chi connectivity index (χ0v) is 12.6. The Labute approximate surface area is 127 Å². The zero-order valence-electron chi connectivity index (χ0n) is 12.6. The number of nitrogens with zero attached hydrogens (tertiary/aromatic N) is 1. The van der Waals surface area contributed by atoms with E-state index in [1.54, 1.807) is 6.92 Å². The van der Waals surface area contributed by atoms with Gasteiger partial charge in [-0.15, -0.1) is 0 Å². The lowest BCUT2D eigenvalue weighted by atomic mass is 10.1. The van der Waals surface area contributed by atoms with Gasteiger partial charge in [-0.2, -0.15) is 0 Å². The van der Waals surface area contributed by atoms with E-state index in [0.717, 1.165) is 0 Å². The maximum atomic E-state index is 13.8. The Hall–Kier alpha value is -1.98. The van der Waals surface area contributed by atoms with Crippen LogP contribution in [0.5, 0.6) is 0 Å². The molecular weight excluding hydrogens is 292 g/mol. The summed E-state index contributed by atoms with van der Waals surface area (Å²) in [5.41, 5.74) is -0.0692. The summed E-state index contributed by atoms with van der Waals surface area (Å²) in [6, 6.07) is 3.39. The maximum absolute atomic E-state index is 13.8. The minimum atomic E-state index is -1.09. The summed E-state index contributed by atoms with van der Waals surface area (Å²) in [6.07, 6.45) is 0.966. The van der Waals surface area contributed by atoms with Crippen LogP contribution >= 0.6 is 0 Å². The van der Waals surface area contributed by atoms with Gasteiger partial charge >= 0.3 is 5.97 Å². The summed E-state index contributed by atoms with van der Waals surface area (Å²) in [6.45, 7) is 3.23. The van der Waals surface area contributed by atoms with Crippen LogP contribution in [0.15, 0.2) is 18.2 Å². The minimum Gasteiger partial charge on any atom is -0.480 e. The van der Waals surface area contributed by atoms with E-state index in [-0.39, 0.29) is 17.5 Å². The number of carboxylic acids is 1. The Morgan fingerprint density at radius 3 is 2.45 bits per heavy atom. The molecule has 2 rings (SSSR count). The van der Waals surface area contributed by atoms with Gasteiger partial charge in [0, 0.05) is 23.4 Å². The third-order valence-electron chi connectivity index (χ3n) is 4.19. The molecule has 1 amide bonds. The molecule has 0 heterocycles. The largest absolute Gasteiger partial charge is 0.480 e. The highest BCUT2D eigenvalue weighted by molar-refractivity contribution is 5.86. The van der Waals surface area contributed by atoms with E-state index in [2.05, 4.69) is 0 Å². The number of rotatable bonds is 6. The zero-order chi connectivity index (χ0) is 16.4. The van der Waals surface area contributed by atoms with E-state index in [4.69, 9.17) is 5.11 Å². The molecule has 1 aliphatic carbocycles. The Morgan fingerprint density at radius 2 is 1.95 bits per heavy atom. The average Bonchev–Trinajstić information content (AvgIpc) is 3.23. The number of aliphatic carboxylic acids is 1. The third-order valence-corrected chi connectivity index (χ3v) is 4.19. The molecule has 120 valence electrons. The molecule has 0 radical (unpaired) electrons. The van der Waals surface area contributed by atoms with Crippen molar-refractivity contribution < 1.29 is 23.5 Å². The Morgan fingerprint density at radius 1 is 1.36 bits per heavy atom. The van der Waals surface area contributed by atoms with Gasteiger partial charge in [0.05, 0.1) is 0 Å². The molecule has 1 aromatic rings. The highest BCUT2D eigenvalue weighted by Crippen LogP contribution is 2.50. The van der Waals surface area contributed by atoms with Gasteiger partial charge in [0.1, 0.15) is 18.2 Å². The predicted molar refractivity (Wildman–Crippen MR) is 76.3 cm³/mol. The Balaban J connectivity index is 2.16. The highest BCUT2D eigenvalue weighted by Gasteiger charge is 2.48. The first-order valence-corrected chi connectivity index (χ1v) is 7.33. The van der Waals surface area contributed by atoms with E-state index >= 15 is 0 Å². The van der Waals surface area contributed by atoms with Crippen LogP contribution in [0, 0.1) is 17.6 Å². The van der Waals surface area contributed by atoms with Crippen molar-refractivity contribution in [3.05, 3.63) is 35.4 Å². The van der Waals surface area contributed by atoms with Crippen LogP contribution < -0.4 is 0 Å². The molecule has 1 saturated carbocycles. The van der Waals surface area contributed by atoms with Crippen LogP contribution in [0.4, 0.5) is 8.78 Å². The lowest BCUT2D eigenvalue weighted by Crippen LogP contribution is -2.42. The fourth-order valence-electron chi connectivity index (χ4n) is 2.68. The number of carbonyl (C=O) groups is 2. The van der Waals surface area contributed by atoms with Crippen LogP contribution in [-0.2, 0) is 9.59 Å². The van der Waals surface area contributed by atoms with E-state index in [1.807, 2.05) is 6.92 Å². The highest BCUT2D eigenvalue weighted by atomic mass is 19.1. The molecule has 1 aliphatic rings. The third kappa shape index (κ3) is 3.26. The summed E-state index contributed by atoms with van der Waals surface area (Å²) >= 11 is 0. The molecule has 3 unspecified atom stereocenters. The van der Waals surface area contributed by atoms with Crippen molar-refractivity contribution in [1.29, 1.82) is 0 Å². The van der Waals surface area contributed by atoms with Gasteiger partial charge in [-0.25, -0.2) is 8.78 Å². The topological polar surface area (TPSA) is 57.6 Å². The van der Waals surface area contributed by atoms with Gasteiger partial charge in [-0.3, -0.25) is 9.59 Å². The number of hydrogen-bond donors (Lipinski definition) is 1. The van der Waals surface area contributed by atoms with Crippen molar-refractivity contribution in [2.24, 2.45) is 5.92 Å². The van der Waals surface area contributed by atoms with Gasteiger partial charge in [-0.1, -0.05) is 13.0 Å². The predicted octanol–water partition coefficient (Wildman–Crippen LogP) is 2.78. The van der Waals surface area contributed by atoms with E-state index in [0.29, 0.717) is 12.8 Å². The lowest BCUT2D eigenvalue weighted by Gasteiger charge is -2.27. The first-order valence-electron chi connectivity index (χ1n) is 7.33. The van der Waals surface area contributed by atoms with E-state index < -0.39 is 36.0 Å². The molecule has 0 bridgehead atoms. The smallest absolute Gasteiger partial charge is 0.323 e. The number of benzene rings is 1. The number of carbonyl (C=O) groups excluding carboxylic acids is 1. The molecule has 1 aromatic carbocycles. The van der Waals surface area contributed by atoms with Gasteiger partial charge in [0.25, 0.3) is 0 Å². The maximum Gasteiger partial charge on any atom is 0.323 e. The molecule has 0 spiro atoms. The first-order chi connectivity index (χ1) is 10.4. The summed E-state index contributed by atoms with van der Waals surface area (Å²) < 4.78 is 27.5. The molecule has 4 nitrogen and oxygen atoms in total. The van der Waals surface area contributed by atoms with E-state index in [1.165, 1.54) is 23.1 Å². The second-order valence-electron chi connectivity index (χ2n) is 5.70. The summed E-state index contributed by atoms with van der Waals surface area (Å²) in [4.78, 5) is 24.7. The van der Waals surface area contributed by atoms with Crippen LogP contribution in [0.1, 0.15) is 38.2 Å². The molecule has 6 heteroatoms. The molecule has 0 aromatic heterocycles. The number of carboxylic acid groups (broad SMARTS) is 1. The molecule has 0 saturated heterocycles. The van der Waals surface area contributed by atoms with Gasteiger partial charge in [0.2, 0.25) is 5.91 Å². The fraction of sp³-hybridized carbons (Fsp3) is 0.500. The average molecular weight is 311 g/mol. The lowest BCUT2D eigenvalue weighted by molar-refractivity contribution is -0.146. The van der Waals surface area contributed by atoms with Crippen molar-refractivity contribution in [2.45, 2.75) is 38.6 Å². The van der Waals surface area contributed by atoms with Crippen LogP contribution in [0.2, 0.25) is 0 Å². The van der Waals surface area contributed by atoms with Crippen molar-refractivity contribution >= 4 is 11.9 Å². The second kappa shape index (κ2) is 6.42. The van der Waals surface area contributed by atoms with Crippen LogP contribution in [0.25, 0.3) is 0 Å². The second-order valence-corrected chi connectivity index (χ2v) is 5.70. The monoisotopic (exact) mass is 311 g/mol. The van der Waals surface area contributed by atoms with Crippen molar-refractivity contribution in [1.82, 2.24) is 4.90 Å². The SMILES string of the molecule is CCC(C)N(CC(=O)O)C(=O)C1CC1c1c(F)cccc1F. The molecular formula is C16H19F2NO3. The number of hydrogen-bond acceptors (Lipinski definition) is 2. The van der Waals surface area contributed by atoms with Gasteiger partial charge in [0.15, 0.2) is 0 Å². The summed E-state index contributed by atoms with van der Waals surface area (Å²) in [5.74, 6) is -3.80. The van der Waals surface area contributed by atoms with Gasteiger partial charge in [-0.05, 0) is 31.9 Å². The van der Waals surface area contributed by atoms with Crippen molar-refractivity contribution in [3.8, 4) is 0 Å². The number of amides is 1. The minimum absolute atomic E-state index is 0.0692. The summed E-state index contributed by atoms with van der Waals surface area (Å²) in [7, 11) is 0. The molecule has 0 aliphatic heterocycles. The summed E-state index contributed by atoms with van der Waals surface area (Å²) in [5, 5.41) is 8.94. The first kappa shape index (κ1) is 16.4. The fourth-order valence-corrected chi connectivity index (χ4v) is 2.68. The molecule has 22 heavy (non-hydrogen) atoms. The van der Waals surface area contributed by atoms with Crippen LogP contribution in [0.3, 0.4) is 0 Å². The quantitative estimate of drug-likeness (QED) is 0.879. The standard InChI is InChI=1S/C16H19F2NO3/c1-3-9(2)19(8-14(20)21)16(22)11-7-10(11)15-12(17)5-4-6-13(15)18/h4-6,9-11H,3,7-8H2,1-2H3,(H,20,21). The number of halogens is 2. The molecule has 1 N–H and O–H groups in total. The molecule has 3 atom stereocenters. The molecule has 1 fully saturated rings. The van der Waals surface area contributed by atoms with Crippen molar-refractivity contribution in [2.75, 3.05) is 6.54 Å². The van der Waals surface area contributed by atoms with Crippen molar-refractivity contribution in [3.63, 3.8) is 0 Å². The van der Waals surface area contributed by atoms with E-state index in [9.17, 15) is 18.4 Å².